The van der Waals surface area contributed by atoms with Gasteiger partial charge in [-0.25, -0.2) is 18.7 Å². The molecular formula is C16H17N8O20P3. The number of hydrogen-bond donors (Lipinski definition) is 6. The number of rotatable bonds is 11. The van der Waals surface area contributed by atoms with E-state index in [2.05, 4.69) is 28.1 Å². The van der Waals surface area contributed by atoms with E-state index in [0.29, 0.717) is 12.2 Å². The Balaban J connectivity index is 1.55. The predicted octanol–water partition coefficient (Wildman–Crippen LogP) is -1.60. The summed E-state index contributed by atoms with van der Waals surface area (Å²) in [6, 6.07) is -2.46. The summed E-state index contributed by atoms with van der Waals surface area (Å²) in [5, 5.41) is 35.6. The maximum atomic E-state index is 12.4. The number of nitrogens with one attached hydrogen (secondary N) is 1. The highest BCUT2D eigenvalue weighted by molar-refractivity contribution is 7.66. The number of fused-ring (bicyclic) bond motifs is 2. The Morgan fingerprint density at radius 1 is 1.04 bits per heavy atom. The predicted molar refractivity (Wildman–Crippen MR) is 140 cm³/mol. The Hall–Kier alpha value is -3.88. The van der Waals surface area contributed by atoms with Crippen LogP contribution in [-0.4, -0.2) is 90.6 Å². The van der Waals surface area contributed by atoms with E-state index in [1.54, 1.807) is 0 Å². The molecule has 7 N–H and O–H groups in total. The maximum Gasteiger partial charge on any atom is 0.490 e. The van der Waals surface area contributed by atoms with Crippen molar-refractivity contribution < 1.29 is 75.4 Å². The Morgan fingerprint density at radius 3 is 2.30 bits per heavy atom. The van der Waals surface area contributed by atoms with E-state index in [9.17, 15) is 58.6 Å². The number of hydrogen-bond acceptors (Lipinski definition) is 19. The number of H-pyrrole nitrogens is 1. The van der Waals surface area contributed by atoms with E-state index in [0.717, 1.165) is 10.9 Å². The Bertz CT molecular complexity index is 1950. The normalized spacial score (nSPS) is 29.9. The number of ether oxygens (including phenoxy) is 3. The summed E-state index contributed by atoms with van der Waals surface area (Å²) in [6.45, 7) is -1.25. The third kappa shape index (κ3) is 6.63. The molecule has 4 heterocycles. The average Bonchev–Trinajstić information content (AvgIpc) is 3.57. The molecular weight excluding hydrogens is 717 g/mol. The highest BCUT2D eigenvalue weighted by atomic mass is 31.3. The standard InChI is InChI=1S/C16H17N8O20P3/c17-15-19-12-9(13(25)20-15)18-4-21(12)14-11-10(6(40-14)3-39-46(35,36)44-47(37,38)43-45(32,33)34)41-16(42-11)7(23(28)29)1-5(22(26)27)2-8(16)24(30)31/h1-2,4,6-7,10-11,14H,3H2,(H,35,36)(H,37,38)(H2,32,33,34)(H3,17,19,20,25)/t6-,7?,10-,11-,14?,16?/m1/s1. The van der Waals surface area contributed by atoms with Crippen LogP contribution < -0.4 is 11.3 Å². The van der Waals surface area contributed by atoms with Crippen LogP contribution in [0, 0.1) is 30.3 Å². The van der Waals surface area contributed by atoms with Crippen molar-refractivity contribution >= 4 is 40.6 Å². The molecule has 2 saturated heterocycles. The molecule has 3 aliphatic rings. The molecule has 2 fully saturated rings. The van der Waals surface area contributed by atoms with E-state index in [4.69, 9.17) is 29.7 Å². The summed E-state index contributed by atoms with van der Waals surface area (Å²) < 4.78 is 65.0. The van der Waals surface area contributed by atoms with Gasteiger partial charge in [0.2, 0.25) is 5.95 Å². The number of nitrogens with zero attached hydrogens (tertiary/aromatic N) is 6. The minimum Gasteiger partial charge on any atom is -0.369 e. The Labute approximate surface area is 255 Å². The van der Waals surface area contributed by atoms with Crippen molar-refractivity contribution in [1.82, 2.24) is 19.5 Å². The molecule has 5 rings (SSSR count). The summed E-state index contributed by atoms with van der Waals surface area (Å²) in [5.74, 6) is -3.46. The number of allylic oxidation sites excluding steroid dienone is 1. The highest BCUT2D eigenvalue weighted by Gasteiger charge is 2.72. The largest absolute Gasteiger partial charge is 0.490 e. The summed E-state index contributed by atoms with van der Waals surface area (Å²) >= 11 is 0. The van der Waals surface area contributed by atoms with Gasteiger partial charge >= 0.3 is 41.0 Å². The molecule has 1 spiro atoms. The zero-order chi connectivity index (χ0) is 34.9. The summed E-state index contributed by atoms with van der Waals surface area (Å²) in [6.07, 6.45) is -5.33. The summed E-state index contributed by atoms with van der Waals surface area (Å²) in [5.41, 5.74) is 1.74. The van der Waals surface area contributed by atoms with Gasteiger partial charge in [0.1, 0.15) is 18.3 Å². The lowest BCUT2D eigenvalue weighted by Crippen LogP contribution is -2.53. The topological polar surface area (TPSA) is 407 Å². The quantitative estimate of drug-likeness (QED) is 0.0860. The number of nitrogen functional groups attached to an aromatic ring is 1. The van der Waals surface area contributed by atoms with Crippen molar-refractivity contribution in [3.8, 4) is 0 Å². The zero-order valence-corrected chi connectivity index (χ0v) is 24.9. The molecule has 28 nitrogen and oxygen atoms in total. The maximum absolute atomic E-state index is 12.4. The van der Waals surface area contributed by atoms with E-state index in [1.165, 1.54) is 0 Å². The van der Waals surface area contributed by atoms with Crippen LogP contribution in [0.15, 0.2) is 34.7 Å². The van der Waals surface area contributed by atoms with Crippen LogP contribution in [-0.2, 0) is 41.1 Å². The third-order valence-electron chi connectivity index (χ3n) is 6.44. The molecule has 0 saturated carbocycles. The third-order valence-corrected chi connectivity index (χ3v) is 10.2. The molecule has 47 heavy (non-hydrogen) atoms. The van der Waals surface area contributed by atoms with Gasteiger partial charge in [-0.15, -0.1) is 0 Å². The first-order valence-corrected chi connectivity index (χ1v) is 16.5. The number of imidazole rings is 1. The van der Waals surface area contributed by atoms with Gasteiger partial charge in [0.05, 0.1) is 34.9 Å². The molecule has 5 unspecified atom stereocenters. The van der Waals surface area contributed by atoms with Crippen LogP contribution in [0.25, 0.3) is 11.2 Å². The smallest absolute Gasteiger partial charge is 0.369 e. The van der Waals surface area contributed by atoms with E-state index in [-0.39, 0.29) is 11.2 Å². The molecule has 256 valence electrons. The van der Waals surface area contributed by atoms with Crippen LogP contribution in [0.4, 0.5) is 5.95 Å². The number of aromatic amines is 1. The first-order valence-electron chi connectivity index (χ1n) is 12.0. The molecule has 0 amide bonds. The van der Waals surface area contributed by atoms with E-state index >= 15 is 0 Å². The van der Waals surface area contributed by atoms with Crippen LogP contribution in [0.1, 0.15) is 6.23 Å². The zero-order valence-electron chi connectivity index (χ0n) is 22.2. The van der Waals surface area contributed by atoms with Crippen LogP contribution in [0.3, 0.4) is 0 Å². The second-order valence-electron chi connectivity index (χ2n) is 9.43. The number of nitro groups is 3. The van der Waals surface area contributed by atoms with Gasteiger partial charge in [-0.1, -0.05) is 0 Å². The van der Waals surface area contributed by atoms with Gasteiger partial charge in [-0.2, -0.15) is 13.6 Å². The molecule has 1 aliphatic carbocycles. The van der Waals surface area contributed by atoms with Gasteiger partial charge in [0, 0.05) is 4.92 Å². The molecule has 31 heteroatoms. The first kappa shape index (κ1) is 34.5. The molecule has 0 radical (unpaired) electrons. The van der Waals surface area contributed by atoms with E-state index < -0.39 is 104 Å². The van der Waals surface area contributed by atoms with Crippen LogP contribution in [0.5, 0.6) is 0 Å². The fourth-order valence-electron chi connectivity index (χ4n) is 4.83. The molecule has 2 aromatic rings. The van der Waals surface area contributed by atoms with Crippen molar-refractivity contribution in [2.45, 2.75) is 36.4 Å². The van der Waals surface area contributed by atoms with Gasteiger partial charge in [-0.05, 0) is 0 Å². The SMILES string of the molecule is Nc1nc2c(ncn2C2O[C@H](COP(=O)(O)OP(=O)(O)OP(=O)(O)O)[C@H]3OC4(O[C@@H]23)C([N+](=O)[O-])=CC([N+](=O)[O-])=CC4[N+](=O)[O-])c(=O)[nH]1. The Kier molecular flexibility index (Phi) is 8.55. The van der Waals surface area contributed by atoms with E-state index in [1.807, 2.05) is 0 Å². The molecule has 0 aromatic carbocycles. The number of nitrogens with two attached hydrogens (primary N) is 1. The van der Waals surface area contributed by atoms with Gasteiger partial charge in [0.15, 0.2) is 17.4 Å². The average molecular weight is 734 g/mol. The fraction of sp³-hybridized carbons (Fsp3) is 0.438. The minimum atomic E-state index is -5.97. The molecule has 2 aliphatic heterocycles. The first-order chi connectivity index (χ1) is 21.6. The Morgan fingerprint density at radius 2 is 1.70 bits per heavy atom. The second kappa shape index (κ2) is 11.7. The monoisotopic (exact) mass is 734 g/mol. The van der Waals surface area contributed by atoms with Crippen LogP contribution in [0.2, 0.25) is 0 Å². The van der Waals surface area contributed by atoms with Crippen molar-refractivity contribution in [3.05, 3.63) is 70.6 Å². The number of aromatic nitrogens is 4. The van der Waals surface area contributed by atoms with Gasteiger partial charge in [-0.3, -0.25) is 49.2 Å². The number of phosphoric acid groups is 3. The van der Waals surface area contributed by atoms with Crippen LogP contribution >= 0.6 is 23.5 Å². The fourth-order valence-corrected chi connectivity index (χ4v) is 7.86. The van der Waals surface area contributed by atoms with Crippen molar-refractivity contribution in [2.75, 3.05) is 12.3 Å². The summed E-state index contributed by atoms with van der Waals surface area (Å²) in [7, 11) is -17.5. The minimum absolute atomic E-state index is 0.303. The van der Waals surface area contributed by atoms with Crippen molar-refractivity contribution in [3.63, 3.8) is 0 Å². The van der Waals surface area contributed by atoms with Gasteiger partial charge in [0.25, 0.3) is 11.3 Å². The molecule has 0 bridgehead atoms. The van der Waals surface area contributed by atoms with Crippen molar-refractivity contribution in [2.24, 2.45) is 0 Å². The number of anilines is 1. The van der Waals surface area contributed by atoms with Gasteiger partial charge < -0.3 is 39.5 Å². The molecule has 2 aromatic heterocycles. The second-order valence-corrected chi connectivity index (χ2v) is 13.8. The van der Waals surface area contributed by atoms with Crippen molar-refractivity contribution in [1.29, 1.82) is 0 Å². The lowest BCUT2D eigenvalue weighted by Gasteiger charge is -2.30. The lowest BCUT2D eigenvalue weighted by atomic mass is 9.96. The summed E-state index contributed by atoms with van der Waals surface area (Å²) in [4.78, 5) is 91.0. The number of phosphoric ester groups is 1. The lowest BCUT2D eigenvalue weighted by molar-refractivity contribution is -0.569. The highest BCUT2D eigenvalue weighted by Crippen LogP contribution is 2.66. The molecule has 8 atom stereocenters.